The van der Waals surface area contributed by atoms with Crippen molar-refractivity contribution in [2.24, 2.45) is 17.8 Å². The van der Waals surface area contributed by atoms with Gasteiger partial charge in [0.2, 0.25) is 0 Å². The first-order valence-corrected chi connectivity index (χ1v) is 12.7. The molecule has 0 aliphatic carbocycles. The maximum absolute atomic E-state index is 12.8. The molecule has 1 amide bonds. The number of hydrogen-bond acceptors (Lipinski definition) is 6. The quantitative estimate of drug-likeness (QED) is 0.127. The Bertz CT molecular complexity index is 1770. The molecular formula is C29H29N7O4. The Hall–Kier alpha value is -5.19. The number of aromatic amines is 1. The number of ether oxygens (including phenoxy) is 1. The number of nitrogens with two attached hydrogens (primary N) is 1. The van der Waals surface area contributed by atoms with Crippen molar-refractivity contribution >= 4 is 39.8 Å². The summed E-state index contributed by atoms with van der Waals surface area (Å²) < 4.78 is 7.52. The molecule has 204 valence electrons. The minimum atomic E-state index is -1.07. The minimum absolute atomic E-state index is 0.0727. The lowest BCUT2D eigenvalue weighted by Gasteiger charge is -2.10. The average molecular weight is 540 g/mol. The molecule has 5 rings (SSSR count). The van der Waals surface area contributed by atoms with Crippen LogP contribution in [0.1, 0.15) is 50.8 Å². The molecule has 0 bridgehead atoms. The van der Waals surface area contributed by atoms with Gasteiger partial charge in [-0.25, -0.2) is 14.8 Å². The Balaban J connectivity index is 1.29. The van der Waals surface area contributed by atoms with Gasteiger partial charge in [0.05, 0.1) is 34.5 Å². The van der Waals surface area contributed by atoms with Crippen molar-refractivity contribution < 1.29 is 19.4 Å². The molecule has 1 atom stereocenters. The summed E-state index contributed by atoms with van der Waals surface area (Å²) in [5.41, 5.74) is 10.6. The Labute approximate surface area is 229 Å². The normalized spacial score (nSPS) is 12.5. The van der Waals surface area contributed by atoms with Gasteiger partial charge in [-0.05, 0) is 55.5 Å². The van der Waals surface area contributed by atoms with Gasteiger partial charge in [-0.3, -0.25) is 9.79 Å². The van der Waals surface area contributed by atoms with Crippen LogP contribution in [0.25, 0.3) is 22.1 Å². The highest BCUT2D eigenvalue weighted by atomic mass is 16.5. The van der Waals surface area contributed by atoms with Crippen molar-refractivity contribution in [1.82, 2.24) is 24.8 Å². The number of aliphatic imine (C=N–C) groups is 1. The Morgan fingerprint density at radius 2 is 1.85 bits per heavy atom. The molecule has 0 spiro atoms. The zero-order chi connectivity index (χ0) is 28.4. The maximum Gasteiger partial charge on any atom is 0.339 e. The highest BCUT2D eigenvalue weighted by Gasteiger charge is 2.21. The zero-order valence-electron chi connectivity index (χ0n) is 22.3. The standard InChI is InChI=1S/C29H29N7O4/c1-16(26-33-20-10-8-17(25(30)31-2)14-22(20)34-26)27-35-21-11-9-18(15-23(21)36(27)3)28(37)32-12-13-40-24-7-5-4-6-19(24)29(38)39/h4-11,14-16H,12-13H2,1-3H3,(H2,30,31)(H,32,37)(H,33,34)(H,38,39). The van der Waals surface area contributed by atoms with Crippen LogP contribution in [0.3, 0.4) is 0 Å². The van der Waals surface area contributed by atoms with E-state index in [-0.39, 0.29) is 36.3 Å². The van der Waals surface area contributed by atoms with Crippen LogP contribution in [-0.2, 0) is 7.05 Å². The second-order valence-electron chi connectivity index (χ2n) is 9.32. The minimum Gasteiger partial charge on any atom is -0.491 e. The van der Waals surface area contributed by atoms with Crippen molar-refractivity contribution in [3.8, 4) is 5.75 Å². The average Bonchev–Trinajstić information content (AvgIpc) is 3.54. The lowest BCUT2D eigenvalue weighted by atomic mass is 10.1. The van der Waals surface area contributed by atoms with Gasteiger partial charge in [0.15, 0.2) is 0 Å². The zero-order valence-corrected chi connectivity index (χ0v) is 22.3. The van der Waals surface area contributed by atoms with E-state index in [9.17, 15) is 14.7 Å². The first kappa shape index (κ1) is 26.4. The number of carboxylic acids is 1. The fraction of sp³-hybridized carbons (Fsp3) is 0.207. The Morgan fingerprint density at radius 1 is 1.10 bits per heavy atom. The Morgan fingerprint density at radius 3 is 2.62 bits per heavy atom. The number of carbonyl (C=O) groups excluding carboxylic acids is 1. The van der Waals surface area contributed by atoms with Crippen molar-refractivity contribution in [3.05, 3.63) is 89.0 Å². The number of nitrogens with one attached hydrogen (secondary N) is 2. The molecule has 0 radical (unpaired) electrons. The number of rotatable bonds is 9. The molecule has 0 aliphatic heterocycles. The van der Waals surface area contributed by atoms with E-state index in [1.165, 1.54) is 6.07 Å². The van der Waals surface area contributed by atoms with Gasteiger partial charge in [0, 0.05) is 25.2 Å². The smallest absolute Gasteiger partial charge is 0.339 e. The summed E-state index contributed by atoms with van der Waals surface area (Å²) in [5, 5.41) is 12.1. The maximum atomic E-state index is 12.8. The molecule has 0 fully saturated rings. The van der Waals surface area contributed by atoms with Crippen LogP contribution < -0.4 is 15.8 Å². The molecule has 5 N–H and O–H groups in total. The van der Waals surface area contributed by atoms with Gasteiger partial charge >= 0.3 is 5.97 Å². The highest BCUT2D eigenvalue weighted by Crippen LogP contribution is 2.27. The van der Waals surface area contributed by atoms with Crippen LogP contribution >= 0.6 is 0 Å². The third kappa shape index (κ3) is 5.08. The van der Waals surface area contributed by atoms with Crippen molar-refractivity contribution in [1.29, 1.82) is 0 Å². The van der Waals surface area contributed by atoms with Crippen LogP contribution in [-0.4, -0.2) is 62.5 Å². The van der Waals surface area contributed by atoms with E-state index in [4.69, 9.17) is 20.4 Å². The predicted octanol–water partition coefficient (Wildman–Crippen LogP) is 3.44. The molecule has 40 heavy (non-hydrogen) atoms. The van der Waals surface area contributed by atoms with Crippen molar-refractivity contribution in [3.63, 3.8) is 0 Å². The molecule has 11 nitrogen and oxygen atoms in total. The predicted molar refractivity (Wildman–Crippen MR) is 152 cm³/mol. The summed E-state index contributed by atoms with van der Waals surface area (Å²) in [7, 11) is 3.56. The number of nitrogens with zero attached hydrogens (tertiary/aromatic N) is 4. The molecule has 2 heterocycles. The third-order valence-corrected chi connectivity index (χ3v) is 6.77. The van der Waals surface area contributed by atoms with E-state index in [0.717, 1.165) is 39.3 Å². The molecular weight excluding hydrogens is 510 g/mol. The largest absolute Gasteiger partial charge is 0.491 e. The number of para-hydroxylation sites is 1. The molecule has 5 aromatic rings. The number of fused-ring (bicyclic) bond motifs is 2. The number of H-pyrrole nitrogens is 1. The van der Waals surface area contributed by atoms with Crippen LogP contribution in [0, 0.1) is 0 Å². The van der Waals surface area contributed by atoms with Crippen LogP contribution in [0.4, 0.5) is 0 Å². The fourth-order valence-electron chi connectivity index (χ4n) is 4.58. The van der Waals surface area contributed by atoms with Gasteiger partial charge in [-0.2, -0.15) is 0 Å². The number of amidine groups is 1. The summed E-state index contributed by atoms with van der Waals surface area (Å²) in [6.07, 6.45) is 0. The van der Waals surface area contributed by atoms with E-state index in [2.05, 4.69) is 15.3 Å². The number of hydrogen-bond donors (Lipinski definition) is 4. The lowest BCUT2D eigenvalue weighted by Crippen LogP contribution is -2.28. The van der Waals surface area contributed by atoms with Crippen molar-refractivity contribution in [2.45, 2.75) is 12.8 Å². The van der Waals surface area contributed by atoms with Crippen LogP contribution in [0.5, 0.6) is 5.75 Å². The third-order valence-electron chi connectivity index (χ3n) is 6.77. The Kier molecular flexibility index (Phi) is 7.19. The number of carboxylic acid groups (broad SMARTS) is 1. The van der Waals surface area contributed by atoms with E-state index in [1.54, 1.807) is 37.4 Å². The molecule has 11 heteroatoms. The molecule has 0 aliphatic rings. The fourth-order valence-corrected chi connectivity index (χ4v) is 4.58. The molecule has 0 saturated carbocycles. The monoisotopic (exact) mass is 539 g/mol. The summed E-state index contributed by atoms with van der Waals surface area (Å²) in [5.74, 6) is 0.791. The summed E-state index contributed by atoms with van der Waals surface area (Å²) in [4.78, 5) is 41.1. The van der Waals surface area contributed by atoms with Gasteiger partial charge in [-0.1, -0.05) is 12.1 Å². The number of amides is 1. The second-order valence-corrected chi connectivity index (χ2v) is 9.32. The highest BCUT2D eigenvalue weighted by molar-refractivity contribution is 6.00. The van der Waals surface area contributed by atoms with Gasteiger partial charge in [0.25, 0.3) is 5.91 Å². The molecule has 2 aromatic heterocycles. The van der Waals surface area contributed by atoms with E-state index >= 15 is 0 Å². The van der Waals surface area contributed by atoms with E-state index in [1.807, 2.05) is 42.8 Å². The molecule has 0 saturated heterocycles. The van der Waals surface area contributed by atoms with Gasteiger partial charge in [-0.15, -0.1) is 0 Å². The summed E-state index contributed by atoms with van der Waals surface area (Å²) in [6.45, 7) is 2.36. The molecule has 3 aromatic carbocycles. The number of imidazole rings is 2. The van der Waals surface area contributed by atoms with Crippen LogP contribution in [0.2, 0.25) is 0 Å². The number of aromatic carboxylic acids is 1. The number of aromatic nitrogens is 4. The van der Waals surface area contributed by atoms with Gasteiger partial charge < -0.3 is 30.4 Å². The van der Waals surface area contributed by atoms with Crippen molar-refractivity contribution in [2.75, 3.05) is 20.2 Å². The first-order chi connectivity index (χ1) is 19.3. The van der Waals surface area contributed by atoms with E-state index < -0.39 is 5.97 Å². The number of benzene rings is 3. The number of aryl methyl sites for hydroxylation is 1. The molecule has 1 unspecified atom stereocenters. The lowest BCUT2D eigenvalue weighted by molar-refractivity contribution is 0.0691. The summed E-state index contributed by atoms with van der Waals surface area (Å²) >= 11 is 0. The second kappa shape index (κ2) is 10.9. The first-order valence-electron chi connectivity index (χ1n) is 12.7. The topological polar surface area (TPSA) is 161 Å². The van der Waals surface area contributed by atoms with Gasteiger partial charge in [0.1, 0.15) is 35.4 Å². The van der Waals surface area contributed by atoms with Crippen LogP contribution in [0.15, 0.2) is 65.7 Å². The number of carbonyl (C=O) groups is 2. The SMILES string of the molecule is CN=C(N)c1ccc2nc(C(C)c3nc4ccc(C(=O)NCCOc5ccccc5C(=O)O)cc4n3C)[nH]c2c1. The van der Waals surface area contributed by atoms with E-state index in [0.29, 0.717) is 11.4 Å². The summed E-state index contributed by atoms with van der Waals surface area (Å²) in [6, 6.07) is 17.4.